The molecule has 2 N–H and O–H groups in total. The van der Waals surface area contributed by atoms with Crippen molar-refractivity contribution < 1.29 is 9.59 Å². The van der Waals surface area contributed by atoms with Gasteiger partial charge in [0.15, 0.2) is 10.3 Å². The first-order chi connectivity index (χ1) is 17.8. The van der Waals surface area contributed by atoms with Crippen molar-refractivity contribution in [1.82, 2.24) is 9.97 Å². The Hall–Kier alpha value is -2.50. The fraction of sp³-hybridized carbons (Fsp3) is 0. The Bertz CT molecular complexity index is 1530. The second-order valence-electron chi connectivity index (χ2n) is 7.40. The summed E-state index contributed by atoms with van der Waals surface area (Å²) < 4.78 is 0. The van der Waals surface area contributed by atoms with Crippen LogP contribution in [-0.2, 0) is 0 Å². The van der Waals surface area contributed by atoms with Gasteiger partial charge in [0.05, 0.1) is 31.2 Å². The van der Waals surface area contributed by atoms with Gasteiger partial charge >= 0.3 is 0 Å². The second kappa shape index (κ2) is 11.1. The highest BCUT2D eigenvalue weighted by Gasteiger charge is 2.18. The Labute approximate surface area is 242 Å². The molecular weight excluding hydrogens is 614 g/mol. The summed E-state index contributed by atoms with van der Waals surface area (Å²) in [6.07, 6.45) is 0. The van der Waals surface area contributed by atoms with Crippen LogP contribution in [0.1, 0.15) is 19.3 Å². The van der Waals surface area contributed by atoms with E-state index in [-0.39, 0.29) is 11.8 Å². The van der Waals surface area contributed by atoms with Crippen LogP contribution in [0.3, 0.4) is 0 Å². The molecule has 37 heavy (non-hydrogen) atoms. The fourth-order valence-electron chi connectivity index (χ4n) is 3.20. The van der Waals surface area contributed by atoms with Crippen molar-refractivity contribution in [3.05, 3.63) is 89.1 Å². The smallest absolute Gasteiger partial charge is 0.267 e. The van der Waals surface area contributed by atoms with Gasteiger partial charge in [-0.1, -0.05) is 46.4 Å². The molecule has 0 bridgehead atoms. The van der Waals surface area contributed by atoms with Crippen LogP contribution in [0.5, 0.6) is 0 Å². The van der Waals surface area contributed by atoms with Crippen LogP contribution >= 0.6 is 80.4 Å². The number of hydrogen-bond donors (Lipinski definition) is 2. The molecule has 3 heterocycles. The Morgan fingerprint density at radius 1 is 0.649 bits per heavy atom. The molecule has 13 heteroatoms. The zero-order valence-electron chi connectivity index (χ0n) is 18.2. The number of benzene rings is 2. The normalized spacial score (nSPS) is 10.9. The summed E-state index contributed by atoms with van der Waals surface area (Å²) in [5.74, 6) is -0.748. The number of thiophene rings is 1. The molecule has 0 spiro atoms. The van der Waals surface area contributed by atoms with E-state index in [0.29, 0.717) is 62.6 Å². The first-order valence-electron chi connectivity index (χ1n) is 10.3. The van der Waals surface area contributed by atoms with Crippen LogP contribution in [0.25, 0.3) is 22.5 Å². The van der Waals surface area contributed by atoms with Crippen molar-refractivity contribution in [3.63, 3.8) is 0 Å². The van der Waals surface area contributed by atoms with Gasteiger partial charge in [0, 0.05) is 31.9 Å². The van der Waals surface area contributed by atoms with E-state index < -0.39 is 0 Å². The van der Waals surface area contributed by atoms with Crippen molar-refractivity contribution in [2.75, 3.05) is 10.6 Å². The molecule has 0 atom stereocenters. The second-order valence-corrected chi connectivity index (χ2v) is 11.9. The monoisotopic (exact) mass is 624 g/mol. The number of rotatable bonds is 6. The zero-order valence-corrected chi connectivity index (χ0v) is 23.7. The van der Waals surface area contributed by atoms with Gasteiger partial charge in [-0.2, -0.15) is 0 Å². The number of carbonyl (C=O) groups excluding carboxylic acids is 2. The number of anilines is 2. The predicted molar refractivity (Wildman–Crippen MR) is 155 cm³/mol. The summed E-state index contributed by atoms with van der Waals surface area (Å²) >= 11 is 28.0. The molecule has 3 aromatic heterocycles. The molecule has 2 amide bonds. The Balaban J connectivity index is 1.24. The lowest BCUT2D eigenvalue weighted by atomic mass is 10.2. The van der Waals surface area contributed by atoms with Crippen LogP contribution < -0.4 is 10.6 Å². The molecule has 0 radical (unpaired) electrons. The first-order valence-corrected chi connectivity index (χ1v) is 14.4. The maximum absolute atomic E-state index is 12.7. The third-order valence-corrected chi connectivity index (χ3v) is 8.61. The Kier molecular flexibility index (Phi) is 7.83. The van der Waals surface area contributed by atoms with Gasteiger partial charge in [0.25, 0.3) is 11.8 Å². The molecular formula is C24H12Cl4N4O2S3. The third kappa shape index (κ3) is 5.99. The van der Waals surface area contributed by atoms with Crippen molar-refractivity contribution in [3.8, 4) is 22.5 Å². The fourth-order valence-corrected chi connectivity index (χ4v) is 6.42. The number of nitrogens with zero attached hydrogens (tertiary/aromatic N) is 2. The van der Waals surface area contributed by atoms with Gasteiger partial charge in [-0.25, -0.2) is 9.97 Å². The standard InChI is InChI=1S/C24H12Cl4N4O2S3/c25-11-1-3-13(15(27)7-11)17-9-35-23(29-17)31-21(33)19-5-6-20(37-19)22(34)32-24-30-18(10-36-24)14-4-2-12(26)8-16(14)28/h1-10H,(H,29,31,33)(H,30,32,34). The van der Waals surface area contributed by atoms with E-state index >= 15 is 0 Å². The number of thiazole rings is 2. The lowest BCUT2D eigenvalue weighted by Gasteiger charge is -2.02. The molecule has 0 aliphatic carbocycles. The third-order valence-electron chi connectivity index (χ3n) is 4.92. The molecule has 6 nitrogen and oxygen atoms in total. The number of amides is 2. The Morgan fingerprint density at radius 2 is 1.08 bits per heavy atom. The average Bonchev–Trinajstić information content (AvgIpc) is 3.60. The number of nitrogens with one attached hydrogen (secondary N) is 2. The number of halogens is 4. The quantitative estimate of drug-likeness (QED) is 0.197. The van der Waals surface area contributed by atoms with Gasteiger partial charge in [0.2, 0.25) is 0 Å². The minimum absolute atomic E-state index is 0.360. The van der Waals surface area contributed by atoms with Gasteiger partial charge in [-0.15, -0.1) is 34.0 Å². The largest absolute Gasteiger partial charge is 0.297 e. The van der Waals surface area contributed by atoms with Gasteiger partial charge < -0.3 is 0 Å². The highest BCUT2D eigenvalue weighted by atomic mass is 35.5. The predicted octanol–water partition coefficient (Wildman–Crippen LogP) is 9.11. The molecule has 0 aliphatic rings. The molecule has 2 aromatic carbocycles. The highest BCUT2D eigenvalue weighted by Crippen LogP contribution is 2.34. The minimum atomic E-state index is -0.374. The van der Waals surface area contributed by atoms with E-state index in [1.807, 2.05) is 0 Å². The van der Waals surface area contributed by atoms with E-state index in [2.05, 4.69) is 20.6 Å². The van der Waals surface area contributed by atoms with E-state index in [1.54, 1.807) is 59.3 Å². The van der Waals surface area contributed by atoms with E-state index in [1.165, 1.54) is 22.7 Å². The van der Waals surface area contributed by atoms with E-state index in [4.69, 9.17) is 46.4 Å². The van der Waals surface area contributed by atoms with Crippen LogP contribution in [0.15, 0.2) is 59.3 Å². The topological polar surface area (TPSA) is 84.0 Å². The van der Waals surface area contributed by atoms with Crippen molar-refractivity contribution in [2.24, 2.45) is 0 Å². The van der Waals surface area contributed by atoms with Gasteiger partial charge in [0.1, 0.15) is 0 Å². The molecule has 5 aromatic rings. The summed E-state index contributed by atoms with van der Waals surface area (Å²) in [6.45, 7) is 0. The maximum atomic E-state index is 12.7. The lowest BCUT2D eigenvalue weighted by Crippen LogP contribution is -2.11. The lowest BCUT2D eigenvalue weighted by molar-refractivity contribution is 0.102. The van der Waals surface area contributed by atoms with Crippen molar-refractivity contribution in [1.29, 1.82) is 0 Å². The molecule has 0 fully saturated rings. The van der Waals surface area contributed by atoms with E-state index in [0.717, 1.165) is 11.3 Å². The van der Waals surface area contributed by atoms with Crippen LogP contribution in [0.4, 0.5) is 10.3 Å². The van der Waals surface area contributed by atoms with Crippen LogP contribution in [-0.4, -0.2) is 21.8 Å². The molecule has 0 aliphatic heterocycles. The summed E-state index contributed by atoms with van der Waals surface area (Å²) in [5.41, 5.74) is 2.66. The first kappa shape index (κ1) is 26.1. The summed E-state index contributed by atoms with van der Waals surface area (Å²) in [6, 6.07) is 13.4. The summed E-state index contributed by atoms with van der Waals surface area (Å²) in [5, 5.41) is 11.9. The number of aromatic nitrogens is 2. The minimum Gasteiger partial charge on any atom is -0.297 e. The number of carbonyl (C=O) groups is 2. The molecule has 186 valence electrons. The molecule has 0 saturated heterocycles. The van der Waals surface area contributed by atoms with Gasteiger partial charge in [-0.05, 0) is 48.5 Å². The summed E-state index contributed by atoms with van der Waals surface area (Å²) in [7, 11) is 0. The van der Waals surface area contributed by atoms with Crippen LogP contribution in [0, 0.1) is 0 Å². The SMILES string of the molecule is O=C(Nc1nc(-c2ccc(Cl)cc2Cl)cs1)c1ccc(C(=O)Nc2nc(-c3ccc(Cl)cc3Cl)cs2)s1. The van der Waals surface area contributed by atoms with Crippen LogP contribution in [0.2, 0.25) is 20.1 Å². The maximum Gasteiger partial charge on any atom is 0.267 e. The average molecular weight is 626 g/mol. The van der Waals surface area contributed by atoms with Gasteiger partial charge in [-0.3, -0.25) is 20.2 Å². The Morgan fingerprint density at radius 3 is 1.49 bits per heavy atom. The van der Waals surface area contributed by atoms with Crippen molar-refractivity contribution >= 4 is 102 Å². The molecule has 0 saturated carbocycles. The van der Waals surface area contributed by atoms with Crippen molar-refractivity contribution in [2.45, 2.75) is 0 Å². The zero-order chi connectivity index (χ0) is 26.1. The highest BCUT2D eigenvalue weighted by molar-refractivity contribution is 7.17. The number of hydrogen-bond acceptors (Lipinski definition) is 7. The van der Waals surface area contributed by atoms with E-state index in [9.17, 15) is 9.59 Å². The molecule has 5 rings (SSSR count). The summed E-state index contributed by atoms with van der Waals surface area (Å²) in [4.78, 5) is 35.1. The molecule has 0 unspecified atom stereocenters.